The van der Waals surface area contributed by atoms with E-state index in [4.69, 9.17) is 0 Å². The van der Waals surface area contributed by atoms with E-state index in [-0.39, 0.29) is 11.3 Å². The van der Waals surface area contributed by atoms with Crippen LogP contribution < -0.4 is 5.32 Å². The lowest BCUT2D eigenvalue weighted by molar-refractivity contribution is 0.185. The van der Waals surface area contributed by atoms with Crippen molar-refractivity contribution in [2.24, 2.45) is 5.92 Å². The Bertz CT molecular complexity index is 331. The summed E-state index contributed by atoms with van der Waals surface area (Å²) in [6, 6.07) is 0.353. The molecule has 0 aliphatic rings. The summed E-state index contributed by atoms with van der Waals surface area (Å²) in [6.07, 6.45) is 1.29. The molecule has 0 aromatic heterocycles. The molecule has 0 saturated heterocycles. The second-order valence-electron chi connectivity index (χ2n) is 6.55. The first-order valence-corrected chi connectivity index (χ1v) is 8.61. The van der Waals surface area contributed by atoms with Crippen LogP contribution in [0, 0.1) is 5.92 Å². The van der Waals surface area contributed by atoms with Crippen molar-refractivity contribution in [1.29, 1.82) is 0 Å². The third-order valence-corrected chi connectivity index (χ3v) is 3.92. The highest BCUT2D eigenvalue weighted by atomic mass is 32.2. The van der Waals surface area contributed by atoms with Crippen molar-refractivity contribution in [2.45, 2.75) is 46.2 Å². The van der Waals surface area contributed by atoms with E-state index in [1.165, 1.54) is 6.26 Å². The van der Waals surface area contributed by atoms with E-state index in [1.54, 1.807) is 0 Å². The van der Waals surface area contributed by atoms with Crippen molar-refractivity contribution in [2.75, 3.05) is 32.1 Å². The Kier molecular flexibility index (Phi) is 6.82. The molecule has 5 heteroatoms. The van der Waals surface area contributed by atoms with Gasteiger partial charge in [-0.15, -0.1) is 0 Å². The zero-order valence-electron chi connectivity index (χ0n) is 12.9. The largest absolute Gasteiger partial charge is 0.311 e. The number of likely N-dealkylation sites (N-methyl/N-ethyl adjacent to an activating group) is 1. The van der Waals surface area contributed by atoms with Crippen molar-refractivity contribution in [3.8, 4) is 0 Å². The first-order chi connectivity index (χ1) is 7.92. The Hall–Kier alpha value is -0.130. The fourth-order valence-corrected chi connectivity index (χ4v) is 2.41. The third kappa shape index (κ3) is 8.89. The van der Waals surface area contributed by atoms with Crippen LogP contribution in [0.5, 0.6) is 0 Å². The van der Waals surface area contributed by atoms with Crippen LogP contribution in [0.3, 0.4) is 0 Å². The molecule has 1 unspecified atom stereocenters. The summed E-state index contributed by atoms with van der Waals surface area (Å²) in [5.41, 5.74) is 0.0881. The van der Waals surface area contributed by atoms with Crippen molar-refractivity contribution < 1.29 is 8.42 Å². The molecule has 1 N–H and O–H groups in total. The zero-order chi connectivity index (χ0) is 14.6. The summed E-state index contributed by atoms with van der Waals surface area (Å²) < 4.78 is 22.4. The van der Waals surface area contributed by atoms with Gasteiger partial charge >= 0.3 is 0 Å². The molecule has 0 radical (unpaired) electrons. The number of nitrogens with zero attached hydrogens (tertiary/aromatic N) is 1. The van der Waals surface area contributed by atoms with Gasteiger partial charge < -0.3 is 10.2 Å². The number of nitrogens with one attached hydrogen (secondary N) is 1. The summed E-state index contributed by atoms with van der Waals surface area (Å²) in [7, 11) is -0.884. The van der Waals surface area contributed by atoms with Gasteiger partial charge in [0.25, 0.3) is 0 Å². The second-order valence-corrected chi connectivity index (χ2v) is 8.81. The van der Waals surface area contributed by atoms with Crippen LogP contribution in [0.15, 0.2) is 0 Å². The van der Waals surface area contributed by atoms with E-state index in [1.807, 2.05) is 7.05 Å². The standard InChI is InChI=1S/C13H30N2O2S/c1-11(2)12(10-14-13(3,4)5)15(6)8-9-18(7,16)17/h11-12,14H,8-10H2,1-7H3. The van der Waals surface area contributed by atoms with Gasteiger partial charge in [0.15, 0.2) is 0 Å². The average molecular weight is 278 g/mol. The average Bonchev–Trinajstić information content (AvgIpc) is 2.11. The molecular formula is C13H30N2O2S. The lowest BCUT2D eigenvalue weighted by atomic mass is 10.0. The Morgan fingerprint density at radius 3 is 2.06 bits per heavy atom. The van der Waals surface area contributed by atoms with E-state index in [9.17, 15) is 8.42 Å². The molecule has 0 spiro atoms. The molecule has 0 aromatic rings. The van der Waals surface area contributed by atoms with E-state index in [2.05, 4.69) is 44.8 Å². The molecule has 1 atom stereocenters. The highest BCUT2D eigenvalue weighted by molar-refractivity contribution is 7.90. The topological polar surface area (TPSA) is 49.4 Å². The number of sulfone groups is 1. The number of hydrogen-bond acceptors (Lipinski definition) is 4. The van der Waals surface area contributed by atoms with Crippen LogP contribution in [-0.4, -0.2) is 57.0 Å². The first-order valence-electron chi connectivity index (χ1n) is 6.55. The quantitative estimate of drug-likeness (QED) is 0.764. The third-order valence-electron chi connectivity index (χ3n) is 2.99. The van der Waals surface area contributed by atoms with Crippen molar-refractivity contribution in [1.82, 2.24) is 10.2 Å². The van der Waals surface area contributed by atoms with Crippen molar-refractivity contribution in [3.63, 3.8) is 0 Å². The van der Waals surface area contributed by atoms with Gasteiger partial charge in [-0.05, 0) is 33.7 Å². The summed E-state index contributed by atoms with van der Waals surface area (Å²) >= 11 is 0. The minimum atomic E-state index is -2.88. The smallest absolute Gasteiger partial charge is 0.148 e. The first kappa shape index (κ1) is 17.9. The van der Waals surface area contributed by atoms with Crippen LogP contribution in [-0.2, 0) is 9.84 Å². The van der Waals surface area contributed by atoms with Crippen LogP contribution in [0.1, 0.15) is 34.6 Å². The Balaban J connectivity index is 4.41. The van der Waals surface area contributed by atoms with Crippen LogP contribution in [0.2, 0.25) is 0 Å². The van der Waals surface area contributed by atoms with Gasteiger partial charge in [0.2, 0.25) is 0 Å². The highest BCUT2D eigenvalue weighted by Gasteiger charge is 2.21. The summed E-state index contributed by atoms with van der Waals surface area (Å²) in [5.74, 6) is 0.715. The molecule has 0 aromatic carbocycles. The molecule has 110 valence electrons. The number of hydrogen-bond donors (Lipinski definition) is 1. The maximum Gasteiger partial charge on any atom is 0.148 e. The Morgan fingerprint density at radius 1 is 1.22 bits per heavy atom. The molecule has 18 heavy (non-hydrogen) atoms. The fourth-order valence-electron chi connectivity index (χ4n) is 1.79. The highest BCUT2D eigenvalue weighted by Crippen LogP contribution is 2.10. The second kappa shape index (κ2) is 6.87. The molecule has 0 amide bonds. The molecular weight excluding hydrogens is 248 g/mol. The SMILES string of the molecule is CC(C)C(CNC(C)(C)C)N(C)CCS(C)(=O)=O. The predicted molar refractivity (Wildman–Crippen MR) is 78.7 cm³/mol. The molecule has 0 rings (SSSR count). The Labute approximate surface area is 113 Å². The van der Waals surface area contributed by atoms with E-state index < -0.39 is 9.84 Å². The molecule has 0 bridgehead atoms. The number of rotatable bonds is 7. The van der Waals surface area contributed by atoms with Gasteiger partial charge in [0.05, 0.1) is 5.75 Å². The van der Waals surface area contributed by atoms with E-state index in [0.29, 0.717) is 18.5 Å². The van der Waals surface area contributed by atoms with Gasteiger partial charge in [0, 0.05) is 30.9 Å². The van der Waals surface area contributed by atoms with Crippen molar-refractivity contribution >= 4 is 9.84 Å². The molecule has 0 aliphatic carbocycles. The maximum atomic E-state index is 11.2. The molecule has 4 nitrogen and oxygen atoms in total. The van der Waals surface area contributed by atoms with Crippen LogP contribution in [0.25, 0.3) is 0 Å². The van der Waals surface area contributed by atoms with Gasteiger partial charge in [0.1, 0.15) is 9.84 Å². The monoisotopic (exact) mass is 278 g/mol. The lowest BCUT2D eigenvalue weighted by Crippen LogP contribution is -2.49. The predicted octanol–water partition coefficient (Wildman–Crippen LogP) is 1.38. The van der Waals surface area contributed by atoms with E-state index in [0.717, 1.165) is 6.54 Å². The van der Waals surface area contributed by atoms with Gasteiger partial charge in [-0.1, -0.05) is 13.8 Å². The van der Waals surface area contributed by atoms with Gasteiger partial charge in [-0.25, -0.2) is 8.42 Å². The summed E-state index contributed by atoms with van der Waals surface area (Å²) in [5, 5.41) is 3.49. The molecule has 0 saturated carbocycles. The maximum absolute atomic E-state index is 11.2. The fraction of sp³-hybridized carbons (Fsp3) is 1.00. The lowest BCUT2D eigenvalue weighted by Gasteiger charge is -2.34. The summed E-state index contributed by atoms with van der Waals surface area (Å²) in [4.78, 5) is 2.14. The normalized spacial score (nSPS) is 15.4. The zero-order valence-corrected chi connectivity index (χ0v) is 13.8. The molecule has 0 fully saturated rings. The molecule has 0 heterocycles. The minimum Gasteiger partial charge on any atom is -0.311 e. The van der Waals surface area contributed by atoms with E-state index >= 15 is 0 Å². The minimum absolute atomic E-state index is 0.0881. The van der Waals surface area contributed by atoms with Gasteiger partial charge in [-0.2, -0.15) is 0 Å². The Morgan fingerprint density at radius 2 is 1.72 bits per heavy atom. The van der Waals surface area contributed by atoms with Crippen LogP contribution >= 0.6 is 0 Å². The van der Waals surface area contributed by atoms with Crippen molar-refractivity contribution in [3.05, 3.63) is 0 Å². The van der Waals surface area contributed by atoms with Gasteiger partial charge in [-0.3, -0.25) is 0 Å². The van der Waals surface area contributed by atoms with Crippen LogP contribution in [0.4, 0.5) is 0 Å². The summed E-state index contributed by atoms with van der Waals surface area (Å²) in [6.45, 7) is 12.2. The molecule has 0 aliphatic heterocycles.